The van der Waals surface area contributed by atoms with Crippen molar-refractivity contribution < 1.29 is 4.79 Å². The smallest absolute Gasteiger partial charge is 0.267 e. The van der Waals surface area contributed by atoms with Gasteiger partial charge in [-0.05, 0) is 19.1 Å². The van der Waals surface area contributed by atoms with Crippen LogP contribution in [0.2, 0.25) is 10.0 Å². The number of halogens is 2. The molecule has 3 nitrogen and oxygen atoms in total. The van der Waals surface area contributed by atoms with Crippen LogP contribution >= 0.6 is 34.5 Å². The van der Waals surface area contributed by atoms with Gasteiger partial charge >= 0.3 is 0 Å². The lowest BCUT2D eigenvalue weighted by molar-refractivity contribution is 0.103. The first-order valence-corrected chi connectivity index (χ1v) is 6.38. The summed E-state index contributed by atoms with van der Waals surface area (Å²) < 4.78 is 0. The van der Waals surface area contributed by atoms with Crippen molar-refractivity contribution in [2.24, 2.45) is 0 Å². The Balaban J connectivity index is 2.28. The Hall–Kier alpha value is -1.10. The summed E-state index contributed by atoms with van der Waals surface area (Å²) in [6.45, 7) is 1.78. The molecule has 88 valence electrons. The number of aromatic nitrogens is 1. The maximum absolute atomic E-state index is 11.9. The number of rotatable bonds is 2. The Morgan fingerprint density at radius 3 is 2.53 bits per heavy atom. The van der Waals surface area contributed by atoms with Crippen molar-refractivity contribution in [2.75, 3.05) is 5.32 Å². The fraction of sp³-hybridized carbons (Fsp3) is 0.0909. The van der Waals surface area contributed by atoms with Crippen molar-refractivity contribution in [3.63, 3.8) is 0 Å². The molecule has 0 aliphatic heterocycles. The number of amides is 1. The Morgan fingerprint density at radius 1 is 1.35 bits per heavy atom. The van der Waals surface area contributed by atoms with Crippen molar-refractivity contribution in [1.29, 1.82) is 0 Å². The molecule has 1 aromatic heterocycles. The lowest BCUT2D eigenvalue weighted by Crippen LogP contribution is -2.12. The first-order valence-electron chi connectivity index (χ1n) is 4.75. The van der Waals surface area contributed by atoms with Gasteiger partial charge in [0.25, 0.3) is 5.91 Å². The minimum Gasteiger partial charge on any atom is -0.319 e. The van der Waals surface area contributed by atoms with Gasteiger partial charge in [-0.25, -0.2) is 4.98 Å². The van der Waals surface area contributed by atoms with Crippen LogP contribution in [0, 0.1) is 6.92 Å². The number of carbonyl (C=O) groups is 1. The largest absolute Gasteiger partial charge is 0.319 e. The first kappa shape index (κ1) is 12.4. The van der Waals surface area contributed by atoms with Crippen molar-refractivity contribution in [2.45, 2.75) is 6.92 Å². The summed E-state index contributed by atoms with van der Waals surface area (Å²) in [5, 5.41) is 3.51. The molecule has 0 aliphatic carbocycles. The summed E-state index contributed by atoms with van der Waals surface area (Å²) in [4.78, 5) is 16.5. The number of aryl methyl sites for hydroxylation is 1. The van der Waals surface area contributed by atoms with Crippen molar-refractivity contribution in [3.05, 3.63) is 44.3 Å². The molecule has 1 amide bonds. The Morgan fingerprint density at radius 2 is 2.00 bits per heavy atom. The lowest BCUT2D eigenvalue weighted by Gasteiger charge is -2.08. The zero-order chi connectivity index (χ0) is 12.4. The first-order chi connectivity index (χ1) is 8.09. The SMILES string of the molecule is Cc1ncsc1C(=O)Nc1c(Cl)cccc1Cl. The highest BCUT2D eigenvalue weighted by atomic mass is 35.5. The molecule has 0 spiro atoms. The standard InChI is InChI=1S/C11H8Cl2N2OS/c1-6-10(17-5-14-6)11(16)15-9-7(12)3-2-4-8(9)13/h2-5H,1H3,(H,15,16). The number of hydrogen-bond acceptors (Lipinski definition) is 3. The topological polar surface area (TPSA) is 42.0 Å². The Bertz CT molecular complexity index is 548. The fourth-order valence-corrected chi connectivity index (χ4v) is 2.50. The third-order valence-electron chi connectivity index (χ3n) is 2.15. The molecule has 0 aliphatic rings. The average molecular weight is 287 g/mol. The Labute approximate surface area is 112 Å². The van der Waals surface area contributed by atoms with E-state index in [0.717, 1.165) is 0 Å². The van der Waals surface area contributed by atoms with E-state index in [1.54, 1.807) is 30.6 Å². The number of anilines is 1. The molecule has 0 radical (unpaired) electrons. The van der Waals surface area contributed by atoms with E-state index in [1.807, 2.05) is 0 Å². The number of nitrogens with zero attached hydrogens (tertiary/aromatic N) is 1. The van der Waals surface area contributed by atoms with Crippen molar-refractivity contribution in [1.82, 2.24) is 4.98 Å². The second-order valence-corrected chi connectivity index (χ2v) is 4.99. The molecule has 0 bridgehead atoms. The summed E-state index contributed by atoms with van der Waals surface area (Å²) in [7, 11) is 0. The maximum Gasteiger partial charge on any atom is 0.267 e. The fourth-order valence-electron chi connectivity index (χ4n) is 1.31. The van der Waals surface area contributed by atoms with Gasteiger partial charge in [0.1, 0.15) is 4.88 Å². The zero-order valence-electron chi connectivity index (χ0n) is 8.83. The highest BCUT2D eigenvalue weighted by Crippen LogP contribution is 2.30. The van der Waals surface area contributed by atoms with Gasteiger partial charge in [-0.2, -0.15) is 0 Å². The van der Waals surface area contributed by atoms with Gasteiger partial charge < -0.3 is 5.32 Å². The van der Waals surface area contributed by atoms with Crippen molar-refractivity contribution in [3.8, 4) is 0 Å². The van der Waals surface area contributed by atoms with Gasteiger partial charge in [0.15, 0.2) is 0 Å². The number of hydrogen-bond donors (Lipinski definition) is 1. The molecule has 1 aromatic carbocycles. The number of carbonyl (C=O) groups excluding carboxylic acids is 1. The van der Waals surface area contributed by atoms with Crippen molar-refractivity contribution >= 4 is 46.1 Å². The molecule has 17 heavy (non-hydrogen) atoms. The quantitative estimate of drug-likeness (QED) is 0.906. The van der Waals surface area contributed by atoms with E-state index in [2.05, 4.69) is 10.3 Å². The molecule has 0 unspecified atom stereocenters. The average Bonchev–Trinajstić information content (AvgIpc) is 2.70. The van der Waals surface area contributed by atoms with Crippen LogP contribution in [0.5, 0.6) is 0 Å². The van der Waals surface area contributed by atoms with Gasteiger partial charge in [0.05, 0.1) is 26.9 Å². The predicted molar refractivity (Wildman–Crippen MR) is 71.3 cm³/mol. The molecule has 2 rings (SSSR count). The number of nitrogens with one attached hydrogen (secondary N) is 1. The summed E-state index contributed by atoms with van der Waals surface area (Å²) in [6, 6.07) is 5.06. The highest BCUT2D eigenvalue weighted by Gasteiger charge is 2.14. The minimum absolute atomic E-state index is 0.250. The number of para-hydroxylation sites is 1. The summed E-state index contributed by atoms with van der Waals surface area (Å²) >= 11 is 13.2. The molecule has 0 saturated heterocycles. The van der Waals surface area contributed by atoms with E-state index >= 15 is 0 Å². The monoisotopic (exact) mass is 286 g/mol. The van der Waals surface area contributed by atoms with Crippen LogP contribution in [-0.4, -0.2) is 10.9 Å². The van der Waals surface area contributed by atoms with Gasteiger partial charge in [-0.3, -0.25) is 4.79 Å². The summed E-state index contributed by atoms with van der Waals surface area (Å²) in [6.07, 6.45) is 0. The van der Waals surface area contributed by atoms with Crippen LogP contribution in [-0.2, 0) is 0 Å². The molecule has 0 saturated carbocycles. The zero-order valence-corrected chi connectivity index (χ0v) is 11.2. The number of benzene rings is 1. The van der Waals surface area contributed by atoms with E-state index < -0.39 is 0 Å². The molecule has 0 fully saturated rings. The Kier molecular flexibility index (Phi) is 3.66. The van der Waals surface area contributed by atoms with Crippen LogP contribution in [0.15, 0.2) is 23.7 Å². The predicted octanol–water partition coefficient (Wildman–Crippen LogP) is 4.01. The molecule has 1 heterocycles. The van der Waals surface area contributed by atoms with Gasteiger partial charge in [0, 0.05) is 0 Å². The molecule has 0 atom stereocenters. The normalized spacial score (nSPS) is 10.3. The van der Waals surface area contributed by atoms with Crippen LogP contribution < -0.4 is 5.32 Å². The summed E-state index contributed by atoms with van der Waals surface area (Å²) in [5.41, 5.74) is 2.74. The van der Waals surface area contributed by atoms with Crippen LogP contribution in [0.25, 0.3) is 0 Å². The van der Waals surface area contributed by atoms with E-state index in [4.69, 9.17) is 23.2 Å². The van der Waals surface area contributed by atoms with E-state index in [-0.39, 0.29) is 5.91 Å². The highest BCUT2D eigenvalue weighted by molar-refractivity contribution is 7.12. The van der Waals surface area contributed by atoms with Gasteiger partial charge in [0.2, 0.25) is 0 Å². The second kappa shape index (κ2) is 5.04. The van der Waals surface area contributed by atoms with Gasteiger partial charge in [-0.1, -0.05) is 29.3 Å². The third kappa shape index (κ3) is 2.60. The number of thiazole rings is 1. The molecule has 6 heteroatoms. The molecule has 1 N–H and O–H groups in total. The molecule has 2 aromatic rings. The lowest BCUT2D eigenvalue weighted by atomic mass is 10.3. The summed E-state index contributed by atoms with van der Waals surface area (Å²) in [5.74, 6) is -0.250. The van der Waals surface area contributed by atoms with Gasteiger partial charge in [-0.15, -0.1) is 11.3 Å². The maximum atomic E-state index is 11.9. The second-order valence-electron chi connectivity index (χ2n) is 3.32. The van der Waals surface area contributed by atoms with Crippen LogP contribution in [0.1, 0.15) is 15.4 Å². The minimum atomic E-state index is -0.250. The molecular weight excluding hydrogens is 279 g/mol. The molecular formula is C11H8Cl2N2OS. The third-order valence-corrected chi connectivity index (χ3v) is 3.71. The van der Waals surface area contributed by atoms with E-state index in [0.29, 0.717) is 26.3 Å². The van der Waals surface area contributed by atoms with Crippen LogP contribution in [0.3, 0.4) is 0 Å². The van der Waals surface area contributed by atoms with Crippen LogP contribution in [0.4, 0.5) is 5.69 Å². The van der Waals surface area contributed by atoms with E-state index in [9.17, 15) is 4.79 Å². The van der Waals surface area contributed by atoms with E-state index in [1.165, 1.54) is 11.3 Å².